The molecule has 188 valence electrons. The Morgan fingerprint density at radius 3 is 2.41 bits per heavy atom. The van der Waals surface area contributed by atoms with Crippen molar-refractivity contribution in [1.29, 1.82) is 0 Å². The largest absolute Gasteiger partial charge is 0.456 e. The lowest BCUT2D eigenvalue weighted by molar-refractivity contribution is -0.211. The van der Waals surface area contributed by atoms with Crippen molar-refractivity contribution in [3.8, 4) is 22.8 Å². The molecule has 2 nitrogen and oxygen atoms in total. The van der Waals surface area contributed by atoms with Gasteiger partial charge >= 0.3 is 6.18 Å². The van der Waals surface area contributed by atoms with E-state index in [9.17, 15) is 13.2 Å². The third kappa shape index (κ3) is 3.83. The summed E-state index contributed by atoms with van der Waals surface area (Å²) in [5.41, 5.74) is 1.86. The van der Waals surface area contributed by atoms with Gasteiger partial charge in [0.2, 0.25) is 0 Å². The van der Waals surface area contributed by atoms with Crippen LogP contribution in [-0.2, 0) is 12.8 Å². The normalized spacial score (nSPS) is 13.4. The molecule has 0 spiro atoms. The number of ether oxygens (including phenoxy) is 1. The second kappa shape index (κ2) is 8.20. The molecular weight excluding hydrogens is 471 g/mol. The van der Waals surface area contributed by atoms with Gasteiger partial charge in [0.1, 0.15) is 11.5 Å². The summed E-state index contributed by atoms with van der Waals surface area (Å²) in [5, 5.41) is 6.10. The zero-order valence-corrected chi connectivity index (χ0v) is 21.3. The fourth-order valence-electron chi connectivity index (χ4n) is 5.55. The lowest BCUT2D eigenvalue weighted by atomic mass is 9.84. The first kappa shape index (κ1) is 23.8. The monoisotopic (exact) mass is 499 g/mol. The highest BCUT2D eigenvalue weighted by Crippen LogP contribution is 2.51. The molecule has 0 saturated carbocycles. The number of nitrogens with zero attached hydrogens (tertiary/aromatic N) is 1. The number of hydrogen-bond donors (Lipinski definition) is 0. The molecule has 1 aliphatic heterocycles. The molecule has 0 fully saturated rings. The molecule has 0 N–H and O–H groups in total. The summed E-state index contributed by atoms with van der Waals surface area (Å²) < 4.78 is 47.4. The molecule has 0 saturated heterocycles. The van der Waals surface area contributed by atoms with Crippen LogP contribution in [0, 0.1) is 11.3 Å². The van der Waals surface area contributed by atoms with Gasteiger partial charge in [0.05, 0.1) is 16.5 Å². The second-order valence-electron chi connectivity index (χ2n) is 11.2. The van der Waals surface area contributed by atoms with Crippen LogP contribution in [0.1, 0.15) is 38.8 Å². The summed E-state index contributed by atoms with van der Waals surface area (Å²) in [6, 6.07) is 20.0. The van der Waals surface area contributed by atoms with E-state index in [4.69, 9.17) is 9.72 Å². The van der Waals surface area contributed by atoms with Gasteiger partial charge < -0.3 is 4.74 Å². The van der Waals surface area contributed by atoms with E-state index >= 15 is 0 Å². The molecule has 5 aromatic rings. The van der Waals surface area contributed by atoms with Crippen LogP contribution in [0.4, 0.5) is 13.2 Å². The summed E-state index contributed by atoms with van der Waals surface area (Å²) in [5.74, 6) is 1.96. The fourth-order valence-corrected chi connectivity index (χ4v) is 5.55. The lowest BCUT2D eigenvalue weighted by Gasteiger charge is -2.28. The second-order valence-corrected chi connectivity index (χ2v) is 11.2. The fraction of sp³-hybridized carbons (Fsp3) is 0.281. The average Bonchev–Trinajstić information content (AvgIpc) is 2.83. The Bertz CT molecular complexity index is 1700. The maximum atomic E-state index is 13.6. The molecule has 0 atom stereocenters. The van der Waals surface area contributed by atoms with Crippen molar-refractivity contribution < 1.29 is 17.9 Å². The third-order valence-electron chi connectivity index (χ3n) is 7.49. The van der Waals surface area contributed by atoms with Gasteiger partial charge in [-0.1, -0.05) is 70.2 Å². The highest BCUT2D eigenvalue weighted by molar-refractivity contribution is 6.16. The zero-order chi connectivity index (χ0) is 26.1. The Hall–Kier alpha value is -3.60. The molecule has 0 amide bonds. The van der Waals surface area contributed by atoms with E-state index in [1.165, 1.54) is 19.2 Å². The van der Waals surface area contributed by atoms with E-state index in [-0.39, 0.29) is 6.42 Å². The number of fused-ring (bicyclic) bond motifs is 5. The first-order chi connectivity index (χ1) is 17.5. The van der Waals surface area contributed by atoms with Crippen LogP contribution < -0.4 is 4.74 Å². The van der Waals surface area contributed by atoms with E-state index < -0.39 is 11.6 Å². The van der Waals surface area contributed by atoms with Crippen LogP contribution in [0.25, 0.3) is 43.6 Å². The van der Waals surface area contributed by atoms with Crippen LogP contribution in [0.15, 0.2) is 66.9 Å². The van der Waals surface area contributed by atoms with Gasteiger partial charge in [-0.15, -0.1) is 0 Å². The maximum absolute atomic E-state index is 13.6. The minimum atomic E-state index is -4.28. The predicted molar refractivity (Wildman–Crippen MR) is 144 cm³/mol. The third-order valence-corrected chi connectivity index (χ3v) is 7.49. The standard InChI is InChI=1S/C32H28F3NO/c1-18(2)13-25-22-8-6-5-7-20(22)15-26-29-28-24(11-12-36-29)23-10-9-19(17-31(3,4)32(33,34)35)14-21(23)16-27(28)37-30(25)26/h5-12,14-16,18H,13,17H2,1-4H3. The molecular formula is C32H28F3NO. The number of hydrogen-bond acceptors (Lipinski definition) is 2. The number of benzene rings is 4. The van der Waals surface area contributed by atoms with Crippen molar-refractivity contribution in [3.63, 3.8) is 0 Å². The number of pyridine rings is 1. The maximum Gasteiger partial charge on any atom is 0.394 e. The van der Waals surface area contributed by atoms with Gasteiger partial charge in [0.25, 0.3) is 0 Å². The topological polar surface area (TPSA) is 22.1 Å². The molecule has 0 radical (unpaired) electrons. The van der Waals surface area contributed by atoms with E-state index in [0.29, 0.717) is 17.2 Å². The van der Waals surface area contributed by atoms with E-state index in [1.54, 1.807) is 0 Å². The molecule has 5 heteroatoms. The van der Waals surface area contributed by atoms with Crippen molar-refractivity contribution in [1.82, 2.24) is 4.98 Å². The van der Waals surface area contributed by atoms with Gasteiger partial charge in [-0.2, -0.15) is 13.2 Å². The lowest BCUT2D eigenvalue weighted by Crippen LogP contribution is -2.34. The smallest absolute Gasteiger partial charge is 0.394 e. The first-order valence-electron chi connectivity index (χ1n) is 12.7. The average molecular weight is 500 g/mol. The molecule has 0 bridgehead atoms. The molecule has 1 aliphatic rings. The Morgan fingerprint density at radius 2 is 1.65 bits per heavy atom. The summed E-state index contributed by atoms with van der Waals surface area (Å²) in [6.45, 7) is 6.89. The predicted octanol–water partition coefficient (Wildman–Crippen LogP) is 9.64. The van der Waals surface area contributed by atoms with Crippen LogP contribution in [0.5, 0.6) is 11.5 Å². The highest BCUT2D eigenvalue weighted by Gasteiger charge is 2.47. The Labute approximate surface area is 214 Å². The van der Waals surface area contributed by atoms with Crippen molar-refractivity contribution in [2.24, 2.45) is 11.3 Å². The van der Waals surface area contributed by atoms with Crippen LogP contribution in [-0.4, -0.2) is 11.2 Å². The van der Waals surface area contributed by atoms with Crippen molar-refractivity contribution >= 4 is 32.3 Å². The SMILES string of the molecule is CC(C)Cc1c2c(cc3ccccc13)-c1nccc3c1c(cc1cc(CC(C)(C)C(F)(F)F)ccc13)O2. The molecule has 1 aromatic heterocycles. The van der Waals surface area contributed by atoms with E-state index in [1.807, 2.05) is 48.7 Å². The number of rotatable bonds is 4. The Balaban J connectivity index is 1.58. The van der Waals surface area contributed by atoms with Gasteiger partial charge in [0, 0.05) is 17.3 Å². The Morgan fingerprint density at radius 1 is 0.865 bits per heavy atom. The van der Waals surface area contributed by atoms with Gasteiger partial charge in [-0.05, 0) is 69.5 Å². The van der Waals surface area contributed by atoms with Crippen LogP contribution in [0.2, 0.25) is 0 Å². The molecule has 6 rings (SSSR count). The molecule has 2 heterocycles. The van der Waals surface area contributed by atoms with Gasteiger partial charge in [0.15, 0.2) is 0 Å². The van der Waals surface area contributed by atoms with Gasteiger partial charge in [-0.25, -0.2) is 0 Å². The zero-order valence-electron chi connectivity index (χ0n) is 21.3. The molecule has 37 heavy (non-hydrogen) atoms. The summed E-state index contributed by atoms with van der Waals surface area (Å²) >= 11 is 0. The van der Waals surface area contributed by atoms with E-state index in [2.05, 4.69) is 32.0 Å². The minimum Gasteiger partial charge on any atom is -0.456 e. The molecule has 0 unspecified atom stereocenters. The number of alkyl halides is 3. The van der Waals surface area contributed by atoms with Gasteiger partial charge in [-0.3, -0.25) is 4.98 Å². The van der Waals surface area contributed by atoms with Crippen molar-refractivity contribution in [2.75, 3.05) is 0 Å². The van der Waals surface area contributed by atoms with E-state index in [0.717, 1.165) is 55.9 Å². The van der Waals surface area contributed by atoms with Crippen molar-refractivity contribution in [2.45, 2.75) is 46.7 Å². The van der Waals surface area contributed by atoms with Crippen LogP contribution >= 0.6 is 0 Å². The highest BCUT2D eigenvalue weighted by atomic mass is 19.4. The number of halogens is 3. The Kier molecular flexibility index (Phi) is 5.27. The molecule has 4 aromatic carbocycles. The summed E-state index contributed by atoms with van der Waals surface area (Å²) in [7, 11) is 0. The van der Waals surface area contributed by atoms with Crippen molar-refractivity contribution in [3.05, 3.63) is 78.0 Å². The summed E-state index contributed by atoms with van der Waals surface area (Å²) in [4.78, 5) is 4.80. The van der Waals surface area contributed by atoms with Crippen LogP contribution in [0.3, 0.4) is 0 Å². The first-order valence-corrected chi connectivity index (χ1v) is 12.7. The quantitative estimate of drug-likeness (QED) is 0.225. The molecule has 0 aliphatic carbocycles. The minimum absolute atomic E-state index is 0.0877. The summed E-state index contributed by atoms with van der Waals surface area (Å²) in [6.07, 6.45) is -1.69. The number of aromatic nitrogens is 1.